The van der Waals surface area contributed by atoms with E-state index in [0.29, 0.717) is 49.7 Å². The van der Waals surface area contributed by atoms with Crippen LogP contribution >= 0.6 is 11.6 Å². The smallest absolute Gasteiger partial charge is 0.262 e. The van der Waals surface area contributed by atoms with Gasteiger partial charge in [0, 0.05) is 41.7 Å². The van der Waals surface area contributed by atoms with Crippen LogP contribution in [-0.2, 0) is 16.0 Å². The number of carbonyl (C=O) groups is 2. The molecule has 28 heavy (non-hydrogen) atoms. The Morgan fingerprint density at radius 1 is 1.00 bits per heavy atom. The molecule has 1 fully saturated rings. The van der Waals surface area contributed by atoms with Gasteiger partial charge in [-0.05, 0) is 42.3 Å². The standard InChI is InChI=1S/C22H21ClN2O3/c23-18-8-5-16(6-9-18)22(27)25-15-17(19-3-1-2-4-20(19)25)7-10-21(26)24-11-13-28-14-12-24/h1-6,8-9,15H,7,10-14H2. The maximum Gasteiger partial charge on any atom is 0.262 e. The van der Waals surface area contributed by atoms with E-state index in [1.807, 2.05) is 35.4 Å². The van der Waals surface area contributed by atoms with E-state index in [0.717, 1.165) is 16.5 Å². The van der Waals surface area contributed by atoms with Gasteiger partial charge in [0.25, 0.3) is 5.91 Å². The van der Waals surface area contributed by atoms with Crippen LogP contribution in [0.5, 0.6) is 0 Å². The van der Waals surface area contributed by atoms with Gasteiger partial charge in [0.1, 0.15) is 0 Å². The van der Waals surface area contributed by atoms with Crippen molar-refractivity contribution in [2.45, 2.75) is 12.8 Å². The van der Waals surface area contributed by atoms with Gasteiger partial charge in [-0.25, -0.2) is 0 Å². The third-order valence-corrected chi connectivity index (χ3v) is 5.33. The van der Waals surface area contributed by atoms with Crippen molar-refractivity contribution >= 4 is 34.3 Å². The van der Waals surface area contributed by atoms with Crippen LogP contribution in [0.15, 0.2) is 54.7 Å². The summed E-state index contributed by atoms with van der Waals surface area (Å²) < 4.78 is 6.97. The zero-order chi connectivity index (χ0) is 19.5. The van der Waals surface area contributed by atoms with Crippen molar-refractivity contribution in [1.82, 2.24) is 9.47 Å². The number of aromatic nitrogens is 1. The van der Waals surface area contributed by atoms with E-state index >= 15 is 0 Å². The van der Waals surface area contributed by atoms with Crippen LogP contribution in [0.2, 0.25) is 5.02 Å². The summed E-state index contributed by atoms with van der Waals surface area (Å²) in [6.07, 6.45) is 2.87. The molecule has 0 radical (unpaired) electrons. The predicted molar refractivity (Wildman–Crippen MR) is 109 cm³/mol. The number of ether oxygens (including phenoxy) is 1. The van der Waals surface area contributed by atoms with Gasteiger partial charge in [-0.3, -0.25) is 14.2 Å². The van der Waals surface area contributed by atoms with Gasteiger partial charge in [-0.15, -0.1) is 0 Å². The van der Waals surface area contributed by atoms with Crippen molar-refractivity contribution < 1.29 is 14.3 Å². The van der Waals surface area contributed by atoms with Gasteiger partial charge < -0.3 is 9.64 Å². The number of morpholine rings is 1. The first-order valence-electron chi connectivity index (χ1n) is 9.38. The lowest BCUT2D eigenvalue weighted by molar-refractivity contribution is -0.135. The van der Waals surface area contributed by atoms with E-state index in [1.165, 1.54) is 0 Å². The molecule has 0 spiro atoms. The highest BCUT2D eigenvalue weighted by molar-refractivity contribution is 6.30. The van der Waals surface area contributed by atoms with Crippen molar-refractivity contribution in [2.75, 3.05) is 26.3 Å². The molecule has 0 aliphatic carbocycles. The maximum atomic E-state index is 13.0. The number of amides is 1. The van der Waals surface area contributed by atoms with Crippen molar-refractivity contribution in [1.29, 1.82) is 0 Å². The molecule has 5 nitrogen and oxygen atoms in total. The molecular weight excluding hydrogens is 376 g/mol. The predicted octanol–water partition coefficient (Wildman–Crippen LogP) is 3.77. The van der Waals surface area contributed by atoms with E-state index < -0.39 is 0 Å². The Labute approximate surface area is 168 Å². The zero-order valence-corrected chi connectivity index (χ0v) is 16.2. The van der Waals surface area contributed by atoms with Gasteiger partial charge in [0.2, 0.25) is 5.91 Å². The molecule has 0 saturated carbocycles. The van der Waals surface area contributed by atoms with Crippen molar-refractivity contribution in [3.8, 4) is 0 Å². The molecule has 1 saturated heterocycles. The van der Waals surface area contributed by atoms with E-state index in [9.17, 15) is 9.59 Å². The van der Waals surface area contributed by atoms with Crippen LogP contribution in [-0.4, -0.2) is 47.6 Å². The summed E-state index contributed by atoms with van der Waals surface area (Å²) in [7, 11) is 0. The van der Waals surface area contributed by atoms with Gasteiger partial charge in [0.15, 0.2) is 0 Å². The minimum atomic E-state index is -0.112. The Kier molecular flexibility index (Phi) is 5.46. The molecule has 0 N–H and O–H groups in total. The highest BCUT2D eigenvalue weighted by atomic mass is 35.5. The van der Waals surface area contributed by atoms with Crippen molar-refractivity contribution in [3.63, 3.8) is 0 Å². The summed E-state index contributed by atoms with van der Waals surface area (Å²) in [6, 6.07) is 14.7. The van der Waals surface area contributed by atoms with Gasteiger partial charge in [0.05, 0.1) is 18.7 Å². The number of hydrogen-bond acceptors (Lipinski definition) is 3. The third-order valence-electron chi connectivity index (χ3n) is 5.08. The second-order valence-electron chi connectivity index (χ2n) is 6.85. The van der Waals surface area contributed by atoms with Gasteiger partial charge in [-0.2, -0.15) is 0 Å². The van der Waals surface area contributed by atoms with E-state index in [2.05, 4.69) is 0 Å². The Balaban J connectivity index is 1.58. The normalized spacial score (nSPS) is 14.4. The van der Waals surface area contributed by atoms with Crippen LogP contribution in [0.25, 0.3) is 10.9 Å². The average molecular weight is 397 g/mol. The van der Waals surface area contributed by atoms with Crippen LogP contribution in [0, 0.1) is 0 Å². The molecule has 1 aliphatic heterocycles. The second kappa shape index (κ2) is 8.17. The van der Waals surface area contributed by atoms with Crippen LogP contribution in [0.1, 0.15) is 22.3 Å². The van der Waals surface area contributed by atoms with E-state index in [4.69, 9.17) is 16.3 Å². The first-order valence-corrected chi connectivity index (χ1v) is 9.76. The number of hydrogen-bond donors (Lipinski definition) is 0. The Morgan fingerprint density at radius 2 is 1.71 bits per heavy atom. The summed E-state index contributed by atoms with van der Waals surface area (Å²) in [5, 5.41) is 1.59. The maximum absolute atomic E-state index is 13.0. The lowest BCUT2D eigenvalue weighted by atomic mass is 10.1. The van der Waals surface area contributed by atoms with E-state index in [-0.39, 0.29) is 11.8 Å². The molecule has 6 heteroatoms. The number of para-hydroxylation sites is 1. The quantitative estimate of drug-likeness (QED) is 0.674. The fourth-order valence-corrected chi connectivity index (χ4v) is 3.69. The number of carbonyl (C=O) groups excluding carboxylic acids is 2. The Morgan fingerprint density at radius 3 is 2.46 bits per heavy atom. The number of benzene rings is 2. The molecule has 4 rings (SSSR count). The summed E-state index contributed by atoms with van der Waals surface area (Å²) in [4.78, 5) is 27.3. The number of aryl methyl sites for hydroxylation is 1. The molecule has 0 bridgehead atoms. The molecule has 0 atom stereocenters. The molecule has 1 aromatic heterocycles. The first-order chi connectivity index (χ1) is 13.6. The molecule has 144 valence electrons. The van der Waals surface area contributed by atoms with Crippen molar-refractivity contribution in [2.24, 2.45) is 0 Å². The Hall–Kier alpha value is -2.63. The molecule has 1 aliphatic rings. The first kappa shape index (κ1) is 18.7. The fourth-order valence-electron chi connectivity index (χ4n) is 3.56. The van der Waals surface area contributed by atoms with Crippen molar-refractivity contribution in [3.05, 3.63) is 70.9 Å². The SMILES string of the molecule is O=C(CCc1cn(C(=O)c2ccc(Cl)cc2)c2ccccc12)N1CCOCC1. The highest BCUT2D eigenvalue weighted by Gasteiger charge is 2.19. The van der Waals surface area contributed by atoms with E-state index in [1.54, 1.807) is 28.8 Å². The largest absolute Gasteiger partial charge is 0.378 e. The third kappa shape index (κ3) is 3.81. The summed E-state index contributed by atoms with van der Waals surface area (Å²) in [5.74, 6) is 0.0165. The lowest BCUT2D eigenvalue weighted by Gasteiger charge is -2.26. The van der Waals surface area contributed by atoms with Gasteiger partial charge >= 0.3 is 0 Å². The Bertz CT molecular complexity index is 1000. The molecule has 1 amide bonds. The second-order valence-corrected chi connectivity index (χ2v) is 7.28. The van der Waals surface area contributed by atoms with Crippen LogP contribution in [0.3, 0.4) is 0 Å². The fraction of sp³-hybridized carbons (Fsp3) is 0.273. The van der Waals surface area contributed by atoms with Crippen LogP contribution < -0.4 is 0 Å². The molecular formula is C22H21ClN2O3. The summed E-state index contributed by atoms with van der Waals surface area (Å²) in [6.45, 7) is 2.49. The minimum absolute atomic E-state index is 0.112. The zero-order valence-electron chi connectivity index (χ0n) is 15.4. The number of rotatable bonds is 4. The van der Waals surface area contributed by atoms with Crippen LogP contribution in [0.4, 0.5) is 0 Å². The topological polar surface area (TPSA) is 51.5 Å². The lowest BCUT2D eigenvalue weighted by Crippen LogP contribution is -2.40. The number of halogens is 1. The molecule has 3 aromatic rings. The number of nitrogens with zero attached hydrogens (tertiary/aromatic N) is 2. The molecule has 2 aromatic carbocycles. The molecule has 0 unspecified atom stereocenters. The monoisotopic (exact) mass is 396 g/mol. The summed E-state index contributed by atoms with van der Waals surface area (Å²) in [5.41, 5.74) is 2.41. The number of fused-ring (bicyclic) bond motifs is 1. The minimum Gasteiger partial charge on any atom is -0.378 e. The molecule has 2 heterocycles. The van der Waals surface area contributed by atoms with Gasteiger partial charge in [-0.1, -0.05) is 29.8 Å². The highest BCUT2D eigenvalue weighted by Crippen LogP contribution is 2.24. The average Bonchev–Trinajstić information content (AvgIpc) is 3.11. The summed E-state index contributed by atoms with van der Waals surface area (Å²) >= 11 is 5.93.